The van der Waals surface area contributed by atoms with Gasteiger partial charge in [-0.2, -0.15) is 0 Å². The average Bonchev–Trinajstić information content (AvgIpc) is 2.45. The maximum absolute atomic E-state index is 4.13. The van der Waals surface area contributed by atoms with Gasteiger partial charge in [-0.1, -0.05) is 62.9 Å². The number of nitrogens with zero attached hydrogens (tertiary/aromatic N) is 1. The minimum Gasteiger partial charge on any atom is -0.371 e. The van der Waals surface area contributed by atoms with Gasteiger partial charge in [0, 0.05) is 24.2 Å². The second-order valence-electron chi connectivity index (χ2n) is 7.26. The predicted octanol–water partition coefficient (Wildman–Crippen LogP) is 3.73. The lowest BCUT2D eigenvalue weighted by atomic mass is 9.83. The first-order chi connectivity index (χ1) is 10.3. The molecule has 1 aromatic rings. The van der Waals surface area contributed by atoms with E-state index in [1.165, 1.54) is 21.6 Å². The Morgan fingerprint density at radius 2 is 1.73 bits per heavy atom. The van der Waals surface area contributed by atoms with E-state index in [1.807, 2.05) is 0 Å². The predicted molar refractivity (Wildman–Crippen MR) is 98.1 cm³/mol. The van der Waals surface area contributed by atoms with Crippen LogP contribution in [0.4, 0.5) is 0 Å². The van der Waals surface area contributed by atoms with Crippen molar-refractivity contribution in [1.82, 2.24) is 4.90 Å². The molecule has 1 nitrogen and oxygen atoms in total. The van der Waals surface area contributed by atoms with Crippen LogP contribution in [-0.4, -0.2) is 18.0 Å². The maximum Gasteiger partial charge on any atom is 0.0380 e. The number of allylic oxidation sites excluding steroid dienone is 1. The molecule has 0 aliphatic heterocycles. The molecule has 0 heterocycles. The normalized spacial score (nSPS) is 13.6. The molecule has 1 heteroatoms. The number of benzene rings is 1. The third kappa shape index (κ3) is 3.91. The summed E-state index contributed by atoms with van der Waals surface area (Å²) in [7, 11) is 0. The first-order valence-corrected chi connectivity index (χ1v) is 8.15. The summed E-state index contributed by atoms with van der Waals surface area (Å²) in [5, 5.41) is 2.77. The molecule has 1 aliphatic rings. The van der Waals surface area contributed by atoms with Gasteiger partial charge in [0.15, 0.2) is 0 Å². The third-order valence-electron chi connectivity index (χ3n) is 4.35. The first kappa shape index (κ1) is 16.6. The maximum atomic E-state index is 4.13. The van der Waals surface area contributed by atoms with Gasteiger partial charge >= 0.3 is 0 Å². The van der Waals surface area contributed by atoms with Gasteiger partial charge in [-0.3, -0.25) is 0 Å². The largest absolute Gasteiger partial charge is 0.371 e. The van der Waals surface area contributed by atoms with E-state index < -0.39 is 0 Å². The quantitative estimate of drug-likeness (QED) is 0.723. The van der Waals surface area contributed by atoms with Crippen LogP contribution in [0, 0.1) is 0 Å². The van der Waals surface area contributed by atoms with Crippen LogP contribution in [0.3, 0.4) is 0 Å². The summed E-state index contributed by atoms with van der Waals surface area (Å²) in [5.74, 6) is 0. The highest BCUT2D eigenvalue weighted by Crippen LogP contribution is 2.25. The lowest BCUT2D eigenvalue weighted by Gasteiger charge is -2.35. The molecule has 0 radical (unpaired) electrons. The lowest BCUT2D eigenvalue weighted by Crippen LogP contribution is -2.38. The van der Waals surface area contributed by atoms with E-state index in [4.69, 9.17) is 0 Å². The zero-order chi connectivity index (χ0) is 16.3. The zero-order valence-corrected chi connectivity index (χ0v) is 14.6. The highest BCUT2D eigenvalue weighted by molar-refractivity contribution is 5.41. The number of hydrogen-bond acceptors (Lipinski definition) is 1. The van der Waals surface area contributed by atoms with Gasteiger partial charge in [-0.15, -0.1) is 0 Å². The molecule has 2 rings (SSSR count). The summed E-state index contributed by atoms with van der Waals surface area (Å²) in [6, 6.07) is 6.92. The van der Waals surface area contributed by atoms with Gasteiger partial charge in [0.25, 0.3) is 0 Å². The summed E-state index contributed by atoms with van der Waals surface area (Å²) in [5.41, 5.74) is 3.75. The molecular weight excluding hydrogens is 266 g/mol. The van der Waals surface area contributed by atoms with Crippen molar-refractivity contribution in [3.05, 3.63) is 58.6 Å². The molecule has 22 heavy (non-hydrogen) atoms. The van der Waals surface area contributed by atoms with Crippen molar-refractivity contribution in [2.75, 3.05) is 13.1 Å². The molecule has 0 fully saturated rings. The molecule has 0 amide bonds. The average molecular weight is 295 g/mol. The molecule has 118 valence electrons. The molecular formula is C21H29N. The van der Waals surface area contributed by atoms with Crippen LogP contribution < -0.4 is 10.4 Å². The topological polar surface area (TPSA) is 3.24 Å². The van der Waals surface area contributed by atoms with Crippen LogP contribution in [0.2, 0.25) is 0 Å². The van der Waals surface area contributed by atoms with Crippen molar-refractivity contribution < 1.29 is 0 Å². The fraction of sp³-hybridized carbons (Fsp3) is 0.429. The summed E-state index contributed by atoms with van der Waals surface area (Å²) in [4.78, 5) is 2.33. The zero-order valence-electron chi connectivity index (χ0n) is 14.6. The Kier molecular flexibility index (Phi) is 4.95. The van der Waals surface area contributed by atoms with Crippen molar-refractivity contribution in [3.63, 3.8) is 0 Å². The number of rotatable bonds is 6. The molecule has 0 spiro atoms. The molecule has 0 saturated carbocycles. The van der Waals surface area contributed by atoms with Crippen LogP contribution in [-0.2, 0) is 5.41 Å². The van der Waals surface area contributed by atoms with Crippen molar-refractivity contribution >= 4 is 12.2 Å². The van der Waals surface area contributed by atoms with E-state index in [0.29, 0.717) is 0 Å². The smallest absolute Gasteiger partial charge is 0.0380 e. The molecule has 0 bridgehead atoms. The van der Waals surface area contributed by atoms with Crippen molar-refractivity contribution in [2.45, 2.75) is 46.0 Å². The minimum absolute atomic E-state index is 0.0781. The second-order valence-corrected chi connectivity index (χ2v) is 7.26. The van der Waals surface area contributed by atoms with Crippen LogP contribution in [0.1, 0.15) is 46.1 Å². The van der Waals surface area contributed by atoms with Crippen LogP contribution in [0.25, 0.3) is 12.2 Å². The van der Waals surface area contributed by atoms with Gasteiger partial charge in [0.1, 0.15) is 0 Å². The van der Waals surface area contributed by atoms with Crippen molar-refractivity contribution in [3.8, 4) is 0 Å². The Balaban J connectivity index is 2.29. The standard InChI is InChI=1S/C21H29N/c1-16(2)14-22(17(3)4)15-21(5,6)20-12-11-18-9-7-8-10-19(18)13-20/h9-13H,1,3,7-8,14-15H2,2,4-6H3. The highest BCUT2D eigenvalue weighted by Gasteiger charge is 2.24. The Morgan fingerprint density at radius 3 is 2.32 bits per heavy atom. The fourth-order valence-corrected chi connectivity index (χ4v) is 3.06. The monoisotopic (exact) mass is 295 g/mol. The van der Waals surface area contributed by atoms with Gasteiger partial charge in [0.2, 0.25) is 0 Å². The molecule has 1 aliphatic carbocycles. The fourth-order valence-electron chi connectivity index (χ4n) is 3.06. The van der Waals surface area contributed by atoms with Gasteiger partial charge in [-0.25, -0.2) is 0 Å². The molecule has 0 saturated heterocycles. The van der Waals surface area contributed by atoms with E-state index >= 15 is 0 Å². The second kappa shape index (κ2) is 6.56. The summed E-state index contributed by atoms with van der Waals surface area (Å²) in [6.45, 7) is 18.8. The number of hydrogen-bond donors (Lipinski definition) is 0. The van der Waals surface area contributed by atoms with E-state index in [-0.39, 0.29) is 5.41 Å². The summed E-state index contributed by atoms with van der Waals surface area (Å²) in [6.07, 6.45) is 7.02. The molecule has 0 aromatic heterocycles. The van der Waals surface area contributed by atoms with E-state index in [1.54, 1.807) is 0 Å². The Bertz CT molecular complexity index is 691. The van der Waals surface area contributed by atoms with Gasteiger partial charge < -0.3 is 4.90 Å². The Hall–Kier alpha value is -1.76. The first-order valence-electron chi connectivity index (χ1n) is 8.15. The lowest BCUT2D eigenvalue weighted by molar-refractivity contribution is 0.295. The minimum atomic E-state index is 0.0781. The Labute approximate surface area is 135 Å². The van der Waals surface area contributed by atoms with E-state index in [0.717, 1.165) is 31.6 Å². The van der Waals surface area contributed by atoms with Crippen LogP contribution in [0.15, 0.2) is 42.6 Å². The molecule has 0 N–H and O–H groups in total. The van der Waals surface area contributed by atoms with Crippen LogP contribution in [0.5, 0.6) is 0 Å². The van der Waals surface area contributed by atoms with Gasteiger partial charge in [0.05, 0.1) is 0 Å². The van der Waals surface area contributed by atoms with Gasteiger partial charge in [-0.05, 0) is 42.7 Å². The van der Waals surface area contributed by atoms with Crippen molar-refractivity contribution in [2.24, 2.45) is 0 Å². The third-order valence-corrected chi connectivity index (χ3v) is 4.35. The summed E-state index contributed by atoms with van der Waals surface area (Å²) >= 11 is 0. The molecule has 0 unspecified atom stereocenters. The highest BCUT2D eigenvalue weighted by atomic mass is 15.1. The van der Waals surface area contributed by atoms with Crippen LogP contribution >= 0.6 is 0 Å². The summed E-state index contributed by atoms with van der Waals surface area (Å²) < 4.78 is 0. The SMILES string of the molecule is C=C(C)CN(CC(C)(C)c1ccc2c(c1)=CCCC=2)C(=C)C. The van der Waals surface area contributed by atoms with E-state index in [9.17, 15) is 0 Å². The van der Waals surface area contributed by atoms with Crippen molar-refractivity contribution in [1.29, 1.82) is 0 Å². The number of fused-ring (bicyclic) bond motifs is 1. The molecule has 1 aromatic carbocycles. The Morgan fingerprint density at radius 1 is 1.09 bits per heavy atom. The molecule has 0 atom stereocenters. The van der Waals surface area contributed by atoms with E-state index in [2.05, 4.69) is 76.1 Å².